The first-order valence-corrected chi connectivity index (χ1v) is 7.18. The van der Waals surface area contributed by atoms with Crippen LogP contribution in [0.25, 0.3) is 0 Å². The SMILES string of the molecule is C[C@@H]1CC[C@@H](NCCNC(=O)C2CC2)C[C@H]1C. The molecule has 2 fully saturated rings. The van der Waals surface area contributed by atoms with E-state index in [0.29, 0.717) is 12.0 Å². The highest BCUT2D eigenvalue weighted by molar-refractivity contribution is 5.80. The molecule has 0 aliphatic heterocycles. The molecule has 98 valence electrons. The van der Waals surface area contributed by atoms with Gasteiger partial charge >= 0.3 is 0 Å². The van der Waals surface area contributed by atoms with E-state index in [4.69, 9.17) is 0 Å². The fourth-order valence-corrected chi connectivity index (χ4v) is 2.68. The maximum atomic E-state index is 11.4. The van der Waals surface area contributed by atoms with E-state index in [2.05, 4.69) is 24.5 Å². The van der Waals surface area contributed by atoms with Crippen molar-refractivity contribution in [2.24, 2.45) is 17.8 Å². The van der Waals surface area contributed by atoms with Crippen LogP contribution in [0, 0.1) is 17.8 Å². The molecule has 17 heavy (non-hydrogen) atoms. The van der Waals surface area contributed by atoms with E-state index in [9.17, 15) is 4.79 Å². The third-order valence-corrected chi connectivity index (χ3v) is 4.40. The van der Waals surface area contributed by atoms with Gasteiger partial charge in [0.2, 0.25) is 5.91 Å². The Kier molecular flexibility index (Phi) is 4.43. The molecule has 0 radical (unpaired) electrons. The molecule has 2 rings (SSSR count). The average Bonchev–Trinajstić information content (AvgIpc) is 3.13. The molecule has 2 N–H and O–H groups in total. The van der Waals surface area contributed by atoms with E-state index in [1.165, 1.54) is 19.3 Å². The van der Waals surface area contributed by atoms with Gasteiger partial charge in [0, 0.05) is 25.0 Å². The van der Waals surface area contributed by atoms with Crippen molar-refractivity contribution in [3.63, 3.8) is 0 Å². The van der Waals surface area contributed by atoms with Crippen molar-refractivity contribution in [3.05, 3.63) is 0 Å². The van der Waals surface area contributed by atoms with Gasteiger partial charge in [-0.2, -0.15) is 0 Å². The molecule has 0 spiro atoms. The van der Waals surface area contributed by atoms with Crippen molar-refractivity contribution in [1.82, 2.24) is 10.6 Å². The Balaban J connectivity index is 1.54. The lowest BCUT2D eigenvalue weighted by atomic mass is 9.79. The second kappa shape index (κ2) is 5.85. The summed E-state index contributed by atoms with van der Waals surface area (Å²) in [6, 6.07) is 0.666. The number of nitrogens with one attached hydrogen (secondary N) is 2. The summed E-state index contributed by atoms with van der Waals surface area (Å²) >= 11 is 0. The van der Waals surface area contributed by atoms with Crippen LogP contribution in [0.15, 0.2) is 0 Å². The highest BCUT2D eigenvalue weighted by atomic mass is 16.2. The van der Waals surface area contributed by atoms with Crippen LogP contribution in [0.3, 0.4) is 0 Å². The normalized spacial score (nSPS) is 33.4. The summed E-state index contributed by atoms with van der Waals surface area (Å²) in [6.07, 6.45) is 6.11. The van der Waals surface area contributed by atoms with E-state index in [-0.39, 0.29) is 5.91 Å². The highest BCUT2D eigenvalue weighted by Crippen LogP contribution is 2.29. The summed E-state index contributed by atoms with van der Waals surface area (Å²) in [5.41, 5.74) is 0. The van der Waals surface area contributed by atoms with Crippen LogP contribution in [0.5, 0.6) is 0 Å². The minimum absolute atomic E-state index is 0.262. The molecule has 0 aromatic rings. The summed E-state index contributed by atoms with van der Waals surface area (Å²) in [5, 5.41) is 6.58. The Bertz CT molecular complexity index is 263. The van der Waals surface area contributed by atoms with E-state index in [1.54, 1.807) is 0 Å². The maximum Gasteiger partial charge on any atom is 0.223 e. The van der Waals surface area contributed by atoms with Crippen LogP contribution >= 0.6 is 0 Å². The summed E-state index contributed by atoms with van der Waals surface area (Å²) in [4.78, 5) is 11.4. The lowest BCUT2D eigenvalue weighted by Gasteiger charge is -2.32. The lowest BCUT2D eigenvalue weighted by Crippen LogP contribution is -2.40. The van der Waals surface area contributed by atoms with Gasteiger partial charge in [-0.05, 0) is 43.9 Å². The van der Waals surface area contributed by atoms with Gasteiger partial charge < -0.3 is 10.6 Å². The first-order valence-electron chi connectivity index (χ1n) is 7.18. The molecule has 0 heterocycles. The van der Waals surface area contributed by atoms with E-state index in [1.807, 2.05) is 0 Å². The minimum Gasteiger partial charge on any atom is -0.355 e. The zero-order chi connectivity index (χ0) is 12.3. The standard InChI is InChI=1S/C14H26N2O/c1-10-3-6-13(9-11(10)2)15-7-8-16-14(17)12-4-5-12/h10-13,15H,3-9H2,1-2H3,(H,16,17)/t10-,11-,13-/m1/s1. The second-order valence-electron chi connectivity index (χ2n) is 5.98. The van der Waals surface area contributed by atoms with Crippen LogP contribution in [0.1, 0.15) is 46.0 Å². The molecule has 3 heteroatoms. The zero-order valence-corrected chi connectivity index (χ0v) is 11.2. The predicted molar refractivity (Wildman–Crippen MR) is 69.7 cm³/mol. The third kappa shape index (κ3) is 3.98. The van der Waals surface area contributed by atoms with Crippen molar-refractivity contribution in [3.8, 4) is 0 Å². The Labute approximate surface area is 105 Å². The van der Waals surface area contributed by atoms with Crippen molar-refractivity contribution < 1.29 is 4.79 Å². The monoisotopic (exact) mass is 238 g/mol. The highest BCUT2D eigenvalue weighted by Gasteiger charge is 2.29. The Hall–Kier alpha value is -0.570. The van der Waals surface area contributed by atoms with Crippen molar-refractivity contribution in [2.45, 2.75) is 52.0 Å². The molecule has 2 saturated carbocycles. The Morgan fingerprint density at radius 3 is 2.47 bits per heavy atom. The third-order valence-electron chi connectivity index (χ3n) is 4.40. The molecule has 3 nitrogen and oxygen atoms in total. The van der Waals surface area contributed by atoms with Gasteiger partial charge in [0.1, 0.15) is 0 Å². The quantitative estimate of drug-likeness (QED) is 0.719. The van der Waals surface area contributed by atoms with Gasteiger partial charge in [-0.15, -0.1) is 0 Å². The summed E-state index contributed by atoms with van der Waals surface area (Å²) < 4.78 is 0. The van der Waals surface area contributed by atoms with E-state index >= 15 is 0 Å². The minimum atomic E-state index is 0.262. The van der Waals surface area contributed by atoms with Gasteiger partial charge in [-0.3, -0.25) is 4.79 Å². The molecular weight excluding hydrogens is 212 g/mol. The first kappa shape index (κ1) is 12.9. The maximum absolute atomic E-state index is 11.4. The van der Waals surface area contributed by atoms with Crippen molar-refractivity contribution >= 4 is 5.91 Å². The molecule has 3 atom stereocenters. The average molecular weight is 238 g/mol. The first-order chi connectivity index (χ1) is 8.16. The van der Waals surface area contributed by atoms with Gasteiger partial charge in [0.15, 0.2) is 0 Å². The molecule has 1 amide bonds. The van der Waals surface area contributed by atoms with Crippen LogP contribution in [0.4, 0.5) is 0 Å². The Morgan fingerprint density at radius 1 is 1.06 bits per heavy atom. The number of hydrogen-bond donors (Lipinski definition) is 2. The summed E-state index contributed by atoms with van der Waals surface area (Å²) in [7, 11) is 0. The van der Waals surface area contributed by atoms with E-state index < -0.39 is 0 Å². The predicted octanol–water partition coefficient (Wildman–Crippen LogP) is 1.93. The molecule has 0 saturated heterocycles. The second-order valence-corrected chi connectivity index (χ2v) is 5.98. The number of carbonyl (C=O) groups excluding carboxylic acids is 1. The number of carbonyl (C=O) groups is 1. The van der Waals surface area contributed by atoms with Gasteiger partial charge in [0.25, 0.3) is 0 Å². The van der Waals surface area contributed by atoms with Crippen molar-refractivity contribution in [1.29, 1.82) is 0 Å². The smallest absolute Gasteiger partial charge is 0.223 e. The molecule has 0 bridgehead atoms. The molecule has 0 aromatic heterocycles. The molecule has 2 aliphatic rings. The van der Waals surface area contributed by atoms with Crippen LogP contribution in [-0.4, -0.2) is 25.0 Å². The van der Waals surface area contributed by atoms with Crippen LogP contribution in [-0.2, 0) is 4.79 Å². The Morgan fingerprint density at radius 2 is 1.82 bits per heavy atom. The fourth-order valence-electron chi connectivity index (χ4n) is 2.68. The topological polar surface area (TPSA) is 41.1 Å². The van der Waals surface area contributed by atoms with E-state index in [0.717, 1.165) is 37.8 Å². The fraction of sp³-hybridized carbons (Fsp3) is 0.929. The molecule has 0 unspecified atom stereocenters. The lowest BCUT2D eigenvalue weighted by molar-refractivity contribution is -0.122. The number of hydrogen-bond acceptors (Lipinski definition) is 2. The zero-order valence-electron chi connectivity index (χ0n) is 11.2. The molecule has 0 aromatic carbocycles. The largest absolute Gasteiger partial charge is 0.355 e. The van der Waals surface area contributed by atoms with Crippen LogP contribution in [0.2, 0.25) is 0 Å². The summed E-state index contributed by atoms with van der Waals surface area (Å²) in [5.74, 6) is 2.31. The number of amides is 1. The van der Waals surface area contributed by atoms with Gasteiger partial charge in [0.05, 0.1) is 0 Å². The van der Waals surface area contributed by atoms with Gasteiger partial charge in [-0.25, -0.2) is 0 Å². The van der Waals surface area contributed by atoms with Crippen molar-refractivity contribution in [2.75, 3.05) is 13.1 Å². The molecule has 2 aliphatic carbocycles. The summed E-state index contributed by atoms with van der Waals surface area (Å²) in [6.45, 7) is 6.42. The number of rotatable bonds is 5. The molecular formula is C14H26N2O. The van der Waals surface area contributed by atoms with Crippen LogP contribution < -0.4 is 10.6 Å². The van der Waals surface area contributed by atoms with Gasteiger partial charge in [-0.1, -0.05) is 13.8 Å².